The number of rotatable bonds is 11. The Hall–Kier alpha value is -3.59. The molecule has 2 aromatic carbocycles. The summed E-state index contributed by atoms with van der Waals surface area (Å²) in [7, 11) is 1.65. The first-order chi connectivity index (χ1) is 18.2. The molecule has 204 valence electrons. The molecule has 0 saturated carbocycles. The molecule has 2 atom stereocenters. The maximum absolute atomic E-state index is 13.5. The number of benzene rings is 2. The van der Waals surface area contributed by atoms with Crippen molar-refractivity contribution in [3.05, 3.63) is 59.7 Å². The number of nitrogens with zero attached hydrogens (tertiary/aromatic N) is 2. The predicted molar refractivity (Wildman–Crippen MR) is 142 cm³/mol. The summed E-state index contributed by atoms with van der Waals surface area (Å²) < 4.78 is 10.6. The van der Waals surface area contributed by atoms with Gasteiger partial charge in [-0.05, 0) is 73.5 Å². The number of carboxylic acid groups (broad SMARTS) is 1. The molecule has 2 saturated heterocycles. The van der Waals surface area contributed by atoms with Crippen LogP contribution < -0.4 is 14.8 Å². The number of imide groups is 1. The van der Waals surface area contributed by atoms with Crippen molar-refractivity contribution in [2.24, 2.45) is 5.92 Å². The lowest BCUT2D eigenvalue weighted by atomic mass is 9.86. The van der Waals surface area contributed by atoms with Crippen LogP contribution in [0.25, 0.3) is 0 Å². The number of likely N-dealkylation sites (tertiary alicyclic amines) is 1. The summed E-state index contributed by atoms with van der Waals surface area (Å²) in [4.78, 5) is 40.8. The van der Waals surface area contributed by atoms with Crippen molar-refractivity contribution in [2.45, 2.75) is 51.1 Å². The molecule has 0 aliphatic carbocycles. The highest BCUT2D eigenvalue weighted by Gasteiger charge is 2.53. The fraction of sp³-hybridized carbons (Fsp3) is 0.483. The topological polar surface area (TPSA) is 108 Å². The Morgan fingerprint density at radius 1 is 1.08 bits per heavy atom. The number of ether oxygens (including phenoxy) is 2. The Morgan fingerprint density at radius 2 is 1.76 bits per heavy atom. The highest BCUT2D eigenvalue weighted by molar-refractivity contribution is 6.07. The summed E-state index contributed by atoms with van der Waals surface area (Å²) >= 11 is 0. The van der Waals surface area contributed by atoms with E-state index in [0.717, 1.165) is 37.1 Å². The molecule has 0 radical (unpaired) electrons. The molecule has 0 bridgehead atoms. The summed E-state index contributed by atoms with van der Waals surface area (Å²) in [5.74, 6) is 0.329. The van der Waals surface area contributed by atoms with E-state index in [1.165, 1.54) is 10.5 Å². The van der Waals surface area contributed by atoms with Gasteiger partial charge in [0.2, 0.25) is 0 Å². The lowest BCUT2D eigenvalue weighted by molar-refractivity contribution is -0.139. The van der Waals surface area contributed by atoms with E-state index in [-0.39, 0.29) is 23.9 Å². The fourth-order valence-electron chi connectivity index (χ4n) is 5.43. The van der Waals surface area contributed by atoms with E-state index in [1.807, 2.05) is 38.1 Å². The van der Waals surface area contributed by atoms with Gasteiger partial charge in [-0.1, -0.05) is 38.1 Å². The maximum atomic E-state index is 13.5. The van der Waals surface area contributed by atoms with Crippen LogP contribution in [0.15, 0.2) is 48.5 Å². The Morgan fingerprint density at radius 3 is 2.39 bits per heavy atom. The highest BCUT2D eigenvalue weighted by atomic mass is 16.5. The van der Waals surface area contributed by atoms with Crippen LogP contribution in [0.1, 0.15) is 50.3 Å². The number of carbonyl (C=O) groups excluding carboxylic acids is 2. The molecule has 2 aliphatic heterocycles. The van der Waals surface area contributed by atoms with Crippen molar-refractivity contribution in [1.82, 2.24) is 15.1 Å². The molecule has 9 nitrogen and oxygen atoms in total. The molecule has 2 aromatic rings. The Labute approximate surface area is 223 Å². The monoisotopic (exact) mass is 523 g/mol. The molecule has 0 aromatic heterocycles. The Kier molecular flexibility index (Phi) is 8.56. The summed E-state index contributed by atoms with van der Waals surface area (Å²) in [5.41, 5.74) is 1.32. The third-order valence-electron chi connectivity index (χ3n) is 7.25. The Balaban J connectivity index is 1.56. The number of hydrogen-bond donors (Lipinski definition) is 2. The molecule has 2 fully saturated rings. The number of aliphatic carboxylic acids is 1. The summed E-state index contributed by atoms with van der Waals surface area (Å²) in [5, 5.41) is 11.9. The summed E-state index contributed by atoms with van der Waals surface area (Å²) in [6.07, 6.45) is 3.03. The second-order valence-corrected chi connectivity index (χ2v) is 10.5. The van der Waals surface area contributed by atoms with Crippen LogP contribution >= 0.6 is 0 Å². The molecule has 3 amide bonds. The molecule has 2 unspecified atom stereocenters. The molecule has 2 aliphatic rings. The minimum Gasteiger partial charge on any atom is -0.497 e. The zero-order valence-corrected chi connectivity index (χ0v) is 22.3. The highest BCUT2D eigenvalue weighted by Crippen LogP contribution is 2.36. The molecule has 38 heavy (non-hydrogen) atoms. The fourth-order valence-corrected chi connectivity index (χ4v) is 5.43. The number of aryl methyl sites for hydroxylation is 1. The second kappa shape index (κ2) is 11.9. The SMILES string of the molecule is COc1ccc(CCC(c2ccc(OCC(=O)O)cc2)N2CCCC3(C2)NC(=O)N(CC(C)C)C3=O)cc1. The lowest BCUT2D eigenvalue weighted by Crippen LogP contribution is -2.59. The van der Waals surface area contributed by atoms with Gasteiger partial charge >= 0.3 is 12.0 Å². The minimum atomic E-state index is -1.03. The quantitative estimate of drug-likeness (QED) is 0.431. The van der Waals surface area contributed by atoms with E-state index >= 15 is 0 Å². The van der Waals surface area contributed by atoms with Crippen molar-refractivity contribution in [3.8, 4) is 11.5 Å². The van der Waals surface area contributed by atoms with Crippen LogP contribution in [0.5, 0.6) is 11.5 Å². The first kappa shape index (κ1) is 27.4. The molecular weight excluding hydrogens is 486 g/mol. The van der Waals surface area contributed by atoms with Crippen LogP contribution in [0.4, 0.5) is 4.79 Å². The van der Waals surface area contributed by atoms with Gasteiger partial charge in [-0.25, -0.2) is 9.59 Å². The van der Waals surface area contributed by atoms with Gasteiger partial charge in [-0.15, -0.1) is 0 Å². The van der Waals surface area contributed by atoms with Gasteiger partial charge in [0.1, 0.15) is 17.0 Å². The number of carboxylic acids is 1. The van der Waals surface area contributed by atoms with Gasteiger partial charge in [0.25, 0.3) is 5.91 Å². The maximum Gasteiger partial charge on any atom is 0.341 e. The van der Waals surface area contributed by atoms with Crippen molar-refractivity contribution in [2.75, 3.05) is 33.4 Å². The average Bonchev–Trinajstić information content (AvgIpc) is 3.11. The molecule has 4 rings (SSSR count). The molecule has 9 heteroatoms. The zero-order valence-electron chi connectivity index (χ0n) is 22.3. The minimum absolute atomic E-state index is 0.00773. The van der Waals surface area contributed by atoms with Crippen molar-refractivity contribution >= 4 is 17.9 Å². The van der Waals surface area contributed by atoms with Crippen molar-refractivity contribution in [1.29, 1.82) is 0 Å². The average molecular weight is 524 g/mol. The first-order valence-corrected chi connectivity index (χ1v) is 13.2. The number of nitrogens with one attached hydrogen (secondary N) is 1. The van der Waals surface area contributed by atoms with E-state index < -0.39 is 18.1 Å². The van der Waals surface area contributed by atoms with Crippen LogP contribution in [0, 0.1) is 5.92 Å². The van der Waals surface area contributed by atoms with E-state index in [1.54, 1.807) is 19.2 Å². The number of methoxy groups -OCH3 is 1. The predicted octanol–water partition coefficient (Wildman–Crippen LogP) is 3.87. The Bertz CT molecular complexity index is 1130. The third-order valence-corrected chi connectivity index (χ3v) is 7.25. The summed E-state index contributed by atoms with van der Waals surface area (Å²) in [6.45, 7) is 5.25. The van der Waals surface area contributed by atoms with E-state index in [2.05, 4.69) is 22.3 Å². The number of carbonyl (C=O) groups is 3. The van der Waals surface area contributed by atoms with Crippen molar-refractivity contribution in [3.63, 3.8) is 0 Å². The van der Waals surface area contributed by atoms with Crippen LogP contribution in [-0.4, -0.2) is 71.7 Å². The van der Waals surface area contributed by atoms with Gasteiger partial charge in [0.05, 0.1) is 7.11 Å². The second-order valence-electron chi connectivity index (χ2n) is 10.5. The third kappa shape index (κ3) is 6.27. The molecular formula is C29H37N3O6. The van der Waals surface area contributed by atoms with Crippen LogP contribution in [0.2, 0.25) is 0 Å². The van der Waals surface area contributed by atoms with Gasteiger partial charge < -0.3 is 19.9 Å². The van der Waals surface area contributed by atoms with Crippen LogP contribution in [0.3, 0.4) is 0 Å². The number of hydrogen-bond acceptors (Lipinski definition) is 6. The van der Waals surface area contributed by atoms with Gasteiger partial charge in [0.15, 0.2) is 6.61 Å². The number of piperidine rings is 1. The molecule has 1 spiro atoms. The summed E-state index contributed by atoms with van der Waals surface area (Å²) in [6, 6.07) is 15.2. The lowest BCUT2D eigenvalue weighted by Gasteiger charge is -2.42. The largest absolute Gasteiger partial charge is 0.497 e. The van der Waals surface area contributed by atoms with Gasteiger partial charge in [-0.2, -0.15) is 0 Å². The van der Waals surface area contributed by atoms with E-state index in [4.69, 9.17) is 14.6 Å². The first-order valence-electron chi connectivity index (χ1n) is 13.2. The van der Waals surface area contributed by atoms with Gasteiger partial charge in [0, 0.05) is 19.1 Å². The van der Waals surface area contributed by atoms with E-state index in [0.29, 0.717) is 25.3 Å². The number of amides is 3. The zero-order chi connectivity index (χ0) is 27.3. The molecule has 2 N–H and O–H groups in total. The smallest absolute Gasteiger partial charge is 0.341 e. The standard InChI is InChI=1S/C29H37N3O6/c1-20(2)17-32-27(35)29(30-28(32)36)15-4-16-31(19-29)25(14-7-21-5-10-23(37-3)11-6-21)22-8-12-24(13-9-22)38-18-26(33)34/h5-6,8-13,20,25H,4,7,14-19H2,1-3H3,(H,30,36)(H,33,34). The normalized spacial score (nSPS) is 20.6. The van der Waals surface area contributed by atoms with Crippen LogP contribution in [-0.2, 0) is 16.0 Å². The molecule has 2 heterocycles. The van der Waals surface area contributed by atoms with E-state index in [9.17, 15) is 14.4 Å². The van der Waals surface area contributed by atoms with Crippen molar-refractivity contribution < 1.29 is 29.0 Å². The number of urea groups is 1. The van der Waals surface area contributed by atoms with Gasteiger partial charge in [-0.3, -0.25) is 14.6 Å².